The number of hydrogen-bond donors (Lipinski definition) is 1. The van der Waals surface area contributed by atoms with E-state index in [0.29, 0.717) is 18.7 Å². The molecule has 0 bridgehead atoms. The number of furan rings is 1. The molecule has 2 aromatic heterocycles. The molecule has 5 rings (SSSR count). The Morgan fingerprint density at radius 1 is 1.05 bits per heavy atom. The second-order valence-electron chi connectivity index (χ2n) is 9.76. The van der Waals surface area contributed by atoms with E-state index in [-0.39, 0.29) is 24.4 Å². The molecule has 192 valence electrons. The molecule has 2 amide bonds. The van der Waals surface area contributed by atoms with Crippen LogP contribution >= 0.6 is 0 Å². The fourth-order valence-electron chi connectivity index (χ4n) is 5.18. The average molecular weight is 500 g/mol. The highest BCUT2D eigenvalue weighted by Crippen LogP contribution is 2.26. The SMILES string of the molecule is Cc1ccccc1CCN(C(=O)Cn1nnc2ccccc21)[C@@H](C(=O)NC1CCCCC1)c1ccco1. The molecular weight excluding hydrogens is 466 g/mol. The number of benzene rings is 2. The number of carbonyl (C=O) groups is 2. The maximum absolute atomic E-state index is 13.9. The fourth-order valence-corrected chi connectivity index (χ4v) is 5.18. The lowest BCUT2D eigenvalue weighted by atomic mass is 9.95. The van der Waals surface area contributed by atoms with Crippen LogP contribution in [-0.4, -0.2) is 44.3 Å². The lowest BCUT2D eigenvalue weighted by Gasteiger charge is -2.32. The Hall–Kier alpha value is -3.94. The van der Waals surface area contributed by atoms with Crippen molar-refractivity contribution < 1.29 is 14.0 Å². The van der Waals surface area contributed by atoms with Crippen LogP contribution in [-0.2, 0) is 22.6 Å². The monoisotopic (exact) mass is 499 g/mol. The largest absolute Gasteiger partial charge is 0.467 e. The molecular formula is C29H33N5O3. The first-order valence-corrected chi connectivity index (χ1v) is 13.1. The summed E-state index contributed by atoms with van der Waals surface area (Å²) in [5, 5.41) is 11.6. The summed E-state index contributed by atoms with van der Waals surface area (Å²) in [6.45, 7) is 2.39. The molecule has 0 saturated heterocycles. The predicted octanol–water partition coefficient (Wildman–Crippen LogP) is 4.59. The van der Waals surface area contributed by atoms with Crippen molar-refractivity contribution in [3.05, 3.63) is 83.8 Å². The summed E-state index contributed by atoms with van der Waals surface area (Å²) < 4.78 is 7.32. The van der Waals surface area contributed by atoms with Gasteiger partial charge in [0.25, 0.3) is 5.91 Å². The standard InChI is InChI=1S/C29H33N5O3/c1-21-10-5-6-11-22(21)17-18-33(27(35)20-34-25-15-8-7-14-24(25)31-32-34)28(26-16-9-19-37-26)29(36)30-23-12-3-2-4-13-23/h5-11,14-16,19,23,28H,2-4,12-13,17-18,20H2,1H3,(H,30,36)/t28-/m1/s1. The van der Waals surface area contributed by atoms with E-state index < -0.39 is 6.04 Å². The van der Waals surface area contributed by atoms with E-state index in [4.69, 9.17) is 4.42 Å². The number of hydrogen-bond acceptors (Lipinski definition) is 5. The number of fused-ring (bicyclic) bond motifs is 1. The Balaban J connectivity index is 1.45. The van der Waals surface area contributed by atoms with Crippen molar-refractivity contribution >= 4 is 22.8 Å². The fraction of sp³-hybridized carbons (Fsp3) is 0.379. The first kappa shape index (κ1) is 24.7. The predicted molar refractivity (Wildman–Crippen MR) is 141 cm³/mol. The maximum Gasteiger partial charge on any atom is 0.250 e. The molecule has 1 fully saturated rings. The Labute approximate surface area is 216 Å². The number of rotatable bonds is 9. The highest BCUT2D eigenvalue weighted by molar-refractivity contribution is 5.89. The Kier molecular flexibility index (Phi) is 7.63. The van der Waals surface area contributed by atoms with Gasteiger partial charge in [0.1, 0.15) is 17.8 Å². The number of aryl methyl sites for hydroxylation is 1. The minimum Gasteiger partial charge on any atom is -0.467 e. The van der Waals surface area contributed by atoms with E-state index in [0.717, 1.165) is 47.8 Å². The third kappa shape index (κ3) is 5.74. The van der Waals surface area contributed by atoms with Gasteiger partial charge in [0, 0.05) is 12.6 Å². The van der Waals surface area contributed by atoms with Gasteiger partial charge < -0.3 is 14.6 Å². The van der Waals surface area contributed by atoms with Crippen LogP contribution in [0.3, 0.4) is 0 Å². The van der Waals surface area contributed by atoms with Crippen LogP contribution in [0.4, 0.5) is 0 Å². The molecule has 0 radical (unpaired) electrons. The summed E-state index contributed by atoms with van der Waals surface area (Å²) in [6.07, 6.45) is 7.48. The van der Waals surface area contributed by atoms with Gasteiger partial charge >= 0.3 is 0 Å². The second-order valence-corrected chi connectivity index (χ2v) is 9.76. The van der Waals surface area contributed by atoms with Crippen molar-refractivity contribution in [1.29, 1.82) is 0 Å². The lowest BCUT2D eigenvalue weighted by Crippen LogP contribution is -2.48. The second kappa shape index (κ2) is 11.4. The van der Waals surface area contributed by atoms with Crippen molar-refractivity contribution in [3.63, 3.8) is 0 Å². The smallest absolute Gasteiger partial charge is 0.250 e. The molecule has 37 heavy (non-hydrogen) atoms. The number of aromatic nitrogens is 3. The number of nitrogens with one attached hydrogen (secondary N) is 1. The summed E-state index contributed by atoms with van der Waals surface area (Å²) in [7, 11) is 0. The molecule has 8 nitrogen and oxygen atoms in total. The van der Waals surface area contributed by atoms with Crippen molar-refractivity contribution in [2.75, 3.05) is 6.54 Å². The molecule has 1 N–H and O–H groups in total. The van der Waals surface area contributed by atoms with E-state index in [1.165, 1.54) is 6.42 Å². The molecule has 4 aromatic rings. The van der Waals surface area contributed by atoms with Gasteiger partial charge in [-0.3, -0.25) is 9.59 Å². The Bertz CT molecular complexity index is 1340. The van der Waals surface area contributed by atoms with E-state index in [1.54, 1.807) is 28.0 Å². The Morgan fingerprint density at radius 2 is 1.84 bits per heavy atom. The van der Waals surface area contributed by atoms with Gasteiger partial charge in [-0.2, -0.15) is 0 Å². The molecule has 1 atom stereocenters. The lowest BCUT2D eigenvalue weighted by molar-refractivity contribution is -0.142. The normalized spacial score (nSPS) is 14.9. The van der Waals surface area contributed by atoms with E-state index in [2.05, 4.69) is 34.7 Å². The molecule has 2 aromatic carbocycles. The zero-order valence-corrected chi connectivity index (χ0v) is 21.2. The highest BCUT2D eigenvalue weighted by Gasteiger charge is 2.35. The minimum absolute atomic E-state index is 0.0256. The minimum atomic E-state index is -0.872. The zero-order chi connectivity index (χ0) is 25.6. The van der Waals surface area contributed by atoms with E-state index in [9.17, 15) is 9.59 Å². The summed E-state index contributed by atoms with van der Waals surface area (Å²) >= 11 is 0. The van der Waals surface area contributed by atoms with Crippen molar-refractivity contribution in [1.82, 2.24) is 25.2 Å². The summed E-state index contributed by atoms with van der Waals surface area (Å²) in [6, 6.07) is 18.4. The molecule has 2 heterocycles. The van der Waals surface area contributed by atoms with Gasteiger partial charge in [-0.25, -0.2) is 4.68 Å². The van der Waals surface area contributed by atoms with Gasteiger partial charge in [-0.15, -0.1) is 5.10 Å². The molecule has 1 aliphatic rings. The van der Waals surface area contributed by atoms with Crippen molar-refractivity contribution in [2.45, 2.75) is 64.1 Å². The molecule has 1 saturated carbocycles. The summed E-state index contributed by atoms with van der Waals surface area (Å²) in [4.78, 5) is 29.3. The van der Waals surface area contributed by atoms with Gasteiger partial charge in [0.05, 0.1) is 11.8 Å². The first-order chi connectivity index (χ1) is 18.1. The third-order valence-corrected chi connectivity index (χ3v) is 7.23. The quantitative estimate of drug-likeness (QED) is 0.363. The number of para-hydroxylation sites is 1. The summed E-state index contributed by atoms with van der Waals surface area (Å²) in [5.74, 6) is 0.0303. The number of carbonyl (C=O) groups excluding carboxylic acids is 2. The zero-order valence-electron chi connectivity index (χ0n) is 21.2. The third-order valence-electron chi connectivity index (χ3n) is 7.23. The van der Waals surface area contributed by atoms with Gasteiger partial charge in [0.2, 0.25) is 5.91 Å². The summed E-state index contributed by atoms with van der Waals surface area (Å²) in [5.41, 5.74) is 3.78. The molecule has 0 unspecified atom stereocenters. The molecule has 1 aliphatic carbocycles. The Morgan fingerprint density at radius 3 is 2.62 bits per heavy atom. The van der Waals surface area contributed by atoms with Gasteiger partial charge in [0.15, 0.2) is 6.04 Å². The van der Waals surface area contributed by atoms with Crippen LogP contribution in [0.2, 0.25) is 0 Å². The average Bonchev–Trinajstić information content (AvgIpc) is 3.58. The number of amides is 2. The molecule has 0 aliphatic heterocycles. The first-order valence-electron chi connectivity index (χ1n) is 13.1. The van der Waals surface area contributed by atoms with E-state index >= 15 is 0 Å². The van der Waals surface area contributed by atoms with Crippen LogP contribution in [0.1, 0.15) is 55.0 Å². The molecule has 8 heteroatoms. The highest BCUT2D eigenvalue weighted by atomic mass is 16.3. The van der Waals surface area contributed by atoms with Gasteiger partial charge in [-0.05, 0) is 61.6 Å². The van der Waals surface area contributed by atoms with Crippen molar-refractivity contribution in [3.8, 4) is 0 Å². The van der Waals surface area contributed by atoms with E-state index in [1.807, 2.05) is 36.4 Å². The maximum atomic E-state index is 13.9. The van der Waals surface area contributed by atoms with Crippen LogP contribution in [0.15, 0.2) is 71.3 Å². The van der Waals surface area contributed by atoms with Crippen LogP contribution < -0.4 is 5.32 Å². The van der Waals surface area contributed by atoms with Crippen LogP contribution in [0.5, 0.6) is 0 Å². The van der Waals surface area contributed by atoms with Gasteiger partial charge in [-0.1, -0.05) is 60.9 Å². The topological polar surface area (TPSA) is 93.3 Å². The van der Waals surface area contributed by atoms with Crippen LogP contribution in [0.25, 0.3) is 11.0 Å². The van der Waals surface area contributed by atoms with Crippen molar-refractivity contribution in [2.24, 2.45) is 0 Å². The number of nitrogens with zero attached hydrogens (tertiary/aromatic N) is 4. The van der Waals surface area contributed by atoms with Crippen LogP contribution in [0, 0.1) is 6.92 Å². The molecule has 0 spiro atoms.